The van der Waals surface area contributed by atoms with Crippen LogP contribution >= 0.6 is 11.6 Å². The summed E-state index contributed by atoms with van der Waals surface area (Å²) in [6.07, 6.45) is 2.73. The molecule has 246 valence electrons. The van der Waals surface area contributed by atoms with Crippen molar-refractivity contribution < 1.29 is 18.7 Å². The number of amides is 1. The Labute approximate surface area is 276 Å². The number of hydrogen-bond acceptors (Lipinski definition) is 7. The maximum Gasteiger partial charge on any atom is 0.281 e. The van der Waals surface area contributed by atoms with Crippen molar-refractivity contribution in [2.75, 3.05) is 36.5 Å². The van der Waals surface area contributed by atoms with Crippen LogP contribution in [0.3, 0.4) is 0 Å². The van der Waals surface area contributed by atoms with Crippen molar-refractivity contribution in [3.8, 4) is 22.6 Å². The van der Waals surface area contributed by atoms with Gasteiger partial charge in [0, 0.05) is 43.7 Å². The molecule has 0 radical (unpaired) electrons. The summed E-state index contributed by atoms with van der Waals surface area (Å²) in [4.78, 5) is 42.5. The molecule has 2 aromatic heterocycles. The van der Waals surface area contributed by atoms with Gasteiger partial charge in [-0.1, -0.05) is 51.9 Å². The number of benzene rings is 2. The molecule has 2 aromatic carbocycles. The topological polar surface area (TPSA) is 94.8 Å². The Morgan fingerprint density at radius 3 is 2.30 bits per heavy atom. The molecule has 6 rings (SSSR count). The van der Waals surface area contributed by atoms with E-state index in [1.807, 2.05) is 44.4 Å². The molecular weight excluding hydrogens is 626 g/mol. The molecule has 12 heteroatoms. The summed E-state index contributed by atoms with van der Waals surface area (Å²) >= 11 is 6.83. The van der Waals surface area contributed by atoms with Crippen LogP contribution in [0.4, 0.5) is 20.2 Å². The van der Waals surface area contributed by atoms with Gasteiger partial charge in [0.15, 0.2) is 5.82 Å². The highest BCUT2D eigenvalue weighted by molar-refractivity contribution is 6.34. The van der Waals surface area contributed by atoms with Crippen molar-refractivity contribution in [3.63, 3.8) is 0 Å². The number of halogens is 3. The Morgan fingerprint density at radius 1 is 1.04 bits per heavy atom. The van der Waals surface area contributed by atoms with Gasteiger partial charge in [0.25, 0.3) is 5.56 Å². The van der Waals surface area contributed by atoms with Crippen molar-refractivity contribution >= 4 is 39.8 Å². The highest BCUT2D eigenvalue weighted by Crippen LogP contribution is 2.47. The van der Waals surface area contributed by atoms with Crippen LogP contribution in [-0.2, 0) is 4.79 Å². The number of nitrogens with zero attached hydrogens (tertiary/aromatic N) is 6. The van der Waals surface area contributed by atoms with E-state index in [2.05, 4.69) is 16.5 Å². The lowest BCUT2D eigenvalue weighted by Crippen LogP contribution is -2.64. The Bertz CT molecular complexity index is 1970. The SMILES string of the molecule is C=CC(=O)N1CC2CN(C)c3c(c4cc(Cl)c(-c5c(O)cccc5F)c(F)c4n(-c4c(C(C)C)ncnc4C(C)C)c3=O)N2CC1C. The fourth-order valence-electron chi connectivity index (χ4n) is 7.06. The third kappa shape index (κ3) is 5.02. The van der Waals surface area contributed by atoms with E-state index in [9.17, 15) is 9.90 Å². The van der Waals surface area contributed by atoms with Gasteiger partial charge in [0.1, 0.15) is 23.6 Å². The second-order valence-electron chi connectivity index (χ2n) is 12.9. The second kappa shape index (κ2) is 11.9. The molecule has 0 bridgehead atoms. The first-order chi connectivity index (χ1) is 22.3. The van der Waals surface area contributed by atoms with Crippen LogP contribution in [0.5, 0.6) is 5.75 Å². The molecule has 2 atom stereocenters. The summed E-state index contributed by atoms with van der Waals surface area (Å²) in [5, 5.41) is 10.9. The number of hydrogen-bond donors (Lipinski definition) is 1. The standard InChI is InChI=1S/C35H37ClF2N6O3/c1-8-25(46)42-15-20-14-41(7)34-32(43(20)13-19(42)6)21-12-22(36)26(27-23(37)10-9-11-24(27)45)28(38)31(21)44(35(34)47)33-29(17(2)3)39-16-40-30(33)18(4)5/h8-12,16-20,45H,1,13-15H2,2-7H3. The van der Waals surface area contributed by atoms with Gasteiger partial charge >= 0.3 is 0 Å². The predicted octanol–water partition coefficient (Wildman–Crippen LogP) is 6.37. The summed E-state index contributed by atoms with van der Waals surface area (Å²) in [5.74, 6) is -2.88. The first-order valence-electron chi connectivity index (χ1n) is 15.6. The number of aromatic nitrogens is 3. The van der Waals surface area contributed by atoms with E-state index in [4.69, 9.17) is 11.6 Å². The minimum absolute atomic E-state index is 0.138. The first kappa shape index (κ1) is 32.4. The number of piperazine rings is 1. The zero-order valence-electron chi connectivity index (χ0n) is 27.2. The van der Waals surface area contributed by atoms with Crippen LogP contribution in [-0.4, -0.2) is 69.2 Å². The average Bonchev–Trinajstić information content (AvgIpc) is 3.01. The lowest BCUT2D eigenvalue weighted by Gasteiger charge is -2.51. The van der Waals surface area contributed by atoms with Crippen molar-refractivity contribution in [2.24, 2.45) is 0 Å². The quantitative estimate of drug-likeness (QED) is 0.248. The summed E-state index contributed by atoms with van der Waals surface area (Å²) in [6.45, 7) is 14.4. The van der Waals surface area contributed by atoms with Crippen LogP contribution in [0.1, 0.15) is 57.8 Å². The van der Waals surface area contributed by atoms with E-state index in [0.717, 1.165) is 6.07 Å². The average molecular weight is 663 g/mol. The van der Waals surface area contributed by atoms with Crippen molar-refractivity contribution in [2.45, 2.75) is 58.5 Å². The van der Waals surface area contributed by atoms with Gasteiger partial charge in [-0.25, -0.2) is 18.7 Å². The molecule has 1 fully saturated rings. The van der Waals surface area contributed by atoms with E-state index in [0.29, 0.717) is 53.5 Å². The Kier molecular flexibility index (Phi) is 8.24. The van der Waals surface area contributed by atoms with E-state index >= 15 is 13.6 Å². The zero-order chi connectivity index (χ0) is 34.1. The lowest BCUT2D eigenvalue weighted by molar-refractivity contribution is -0.128. The van der Waals surface area contributed by atoms with Crippen molar-refractivity contribution in [3.05, 3.63) is 81.6 Å². The number of phenols is 1. The molecule has 4 aromatic rings. The third-order valence-electron chi connectivity index (χ3n) is 9.19. The number of phenolic OH excluding ortho intramolecular Hbond substituents is 1. The fraction of sp³-hybridized carbons (Fsp3) is 0.371. The van der Waals surface area contributed by atoms with Gasteiger partial charge < -0.3 is 19.8 Å². The number of aromatic hydroxyl groups is 1. The Hall–Kier alpha value is -4.51. The van der Waals surface area contributed by atoms with Gasteiger partial charge in [-0.2, -0.15) is 0 Å². The van der Waals surface area contributed by atoms with Crippen LogP contribution in [0.2, 0.25) is 5.02 Å². The molecule has 1 N–H and O–H groups in total. The van der Waals surface area contributed by atoms with E-state index in [1.54, 1.807) is 11.9 Å². The van der Waals surface area contributed by atoms with Gasteiger partial charge in [0.2, 0.25) is 5.91 Å². The second-order valence-corrected chi connectivity index (χ2v) is 13.4. The molecule has 0 saturated carbocycles. The Balaban J connectivity index is 1.80. The summed E-state index contributed by atoms with van der Waals surface area (Å²) in [7, 11) is 1.80. The maximum atomic E-state index is 17.5. The maximum absolute atomic E-state index is 17.5. The van der Waals surface area contributed by atoms with Crippen LogP contribution < -0.4 is 15.4 Å². The van der Waals surface area contributed by atoms with Gasteiger partial charge in [0.05, 0.1) is 44.9 Å². The zero-order valence-corrected chi connectivity index (χ0v) is 27.9. The molecule has 0 aliphatic carbocycles. The van der Waals surface area contributed by atoms with Gasteiger partial charge in [-0.3, -0.25) is 14.2 Å². The smallest absolute Gasteiger partial charge is 0.281 e. The largest absolute Gasteiger partial charge is 0.507 e. The summed E-state index contributed by atoms with van der Waals surface area (Å²) in [5.41, 5.74) is 0.807. The fourth-order valence-corrected chi connectivity index (χ4v) is 7.35. The Morgan fingerprint density at radius 2 is 1.70 bits per heavy atom. The number of likely N-dealkylation sites (N-methyl/N-ethyl adjacent to an activating group) is 1. The van der Waals surface area contributed by atoms with Crippen molar-refractivity contribution in [1.82, 2.24) is 19.4 Å². The lowest BCUT2D eigenvalue weighted by atomic mass is 9.95. The number of rotatable bonds is 5. The van der Waals surface area contributed by atoms with Crippen LogP contribution in [0, 0.1) is 11.6 Å². The number of carbonyl (C=O) groups excluding carboxylic acids is 1. The van der Waals surface area contributed by atoms with Gasteiger partial charge in [-0.05, 0) is 43.0 Å². The molecule has 2 unspecified atom stereocenters. The molecule has 9 nitrogen and oxygen atoms in total. The van der Waals surface area contributed by atoms with Crippen LogP contribution in [0.25, 0.3) is 27.7 Å². The normalized spacial score (nSPS) is 17.8. The number of pyridine rings is 1. The molecular formula is C35H37ClF2N6O3. The number of anilines is 2. The molecule has 4 heterocycles. The summed E-state index contributed by atoms with van der Waals surface area (Å²) < 4.78 is 34.1. The molecule has 1 saturated heterocycles. The third-order valence-corrected chi connectivity index (χ3v) is 9.49. The molecule has 2 aliphatic rings. The summed E-state index contributed by atoms with van der Waals surface area (Å²) in [6, 6.07) is 4.72. The highest BCUT2D eigenvalue weighted by Gasteiger charge is 2.42. The predicted molar refractivity (Wildman–Crippen MR) is 181 cm³/mol. The molecule has 47 heavy (non-hydrogen) atoms. The van der Waals surface area contributed by atoms with Crippen molar-refractivity contribution in [1.29, 1.82) is 0 Å². The molecule has 0 spiro atoms. The minimum Gasteiger partial charge on any atom is -0.507 e. The van der Waals surface area contributed by atoms with E-state index in [-0.39, 0.29) is 45.9 Å². The monoisotopic (exact) mass is 662 g/mol. The van der Waals surface area contributed by atoms with E-state index < -0.39 is 28.5 Å². The highest BCUT2D eigenvalue weighted by atomic mass is 35.5. The molecule has 1 amide bonds. The van der Waals surface area contributed by atoms with Gasteiger partial charge in [-0.15, -0.1) is 0 Å². The van der Waals surface area contributed by atoms with Crippen LogP contribution in [0.15, 0.2) is 48.0 Å². The van der Waals surface area contributed by atoms with E-state index in [1.165, 1.54) is 35.2 Å². The number of carbonyl (C=O) groups is 1. The first-order valence-corrected chi connectivity index (χ1v) is 16.0. The minimum atomic E-state index is -0.973. The number of fused-ring (bicyclic) bond motifs is 5. The molecule has 2 aliphatic heterocycles.